The second-order valence-electron chi connectivity index (χ2n) is 17.0. The van der Waals surface area contributed by atoms with Crippen LogP contribution in [0.5, 0.6) is 0 Å². The zero-order valence-electron chi connectivity index (χ0n) is 37.7. The topological polar surface area (TPSA) is 308 Å². The first-order valence-electron chi connectivity index (χ1n) is 21.5. The van der Waals surface area contributed by atoms with Gasteiger partial charge in [-0.3, -0.25) is 53.4 Å². The molecule has 1 aromatic carbocycles. The van der Waals surface area contributed by atoms with Crippen molar-refractivity contribution < 1.29 is 53.4 Å². The summed E-state index contributed by atoms with van der Waals surface area (Å²) in [7, 11) is 0. The number of likely N-dealkylation sites (tertiary alicyclic amines) is 1. The highest BCUT2D eigenvalue weighted by atomic mass is 16.3. The number of aliphatic hydroxyl groups excluding tert-OH is 2. The van der Waals surface area contributed by atoms with E-state index >= 15 is 0 Å². The Bertz CT molecular complexity index is 1750. The molecular weight excluding hydrogens is 819 g/mol. The van der Waals surface area contributed by atoms with E-state index in [2.05, 4.69) is 37.2 Å². The average molecular weight is 888 g/mol. The Morgan fingerprint density at radius 3 is 1.89 bits per heavy atom. The minimum atomic E-state index is -1.55. The van der Waals surface area contributed by atoms with Crippen LogP contribution in [-0.4, -0.2) is 136 Å². The van der Waals surface area contributed by atoms with Crippen molar-refractivity contribution in [1.82, 2.24) is 42.1 Å². The van der Waals surface area contributed by atoms with Gasteiger partial charge in [0.2, 0.25) is 53.2 Å². The fourth-order valence-corrected chi connectivity index (χ4v) is 7.22. The molecular formula is C43H69N9O11. The number of hydrogen-bond donors (Lipinski definition) is 10. The fourth-order valence-electron chi connectivity index (χ4n) is 7.22. The van der Waals surface area contributed by atoms with Gasteiger partial charge in [0.25, 0.3) is 0 Å². The monoisotopic (exact) mass is 888 g/mol. The second kappa shape index (κ2) is 26.2. The quantitative estimate of drug-likeness (QED) is 0.0524. The largest absolute Gasteiger partial charge is 0.394 e. The van der Waals surface area contributed by atoms with E-state index in [1.54, 1.807) is 69.9 Å². The molecule has 0 aromatic heterocycles. The highest BCUT2D eigenvalue weighted by molar-refractivity contribution is 6.00. The van der Waals surface area contributed by atoms with Gasteiger partial charge in [-0.15, -0.1) is 0 Å². The Morgan fingerprint density at radius 2 is 1.35 bits per heavy atom. The van der Waals surface area contributed by atoms with E-state index in [-0.39, 0.29) is 37.1 Å². The summed E-state index contributed by atoms with van der Waals surface area (Å²) < 4.78 is 0. The molecule has 0 unspecified atom stereocenters. The maximum Gasteiger partial charge on any atom is 0.249 e. The van der Waals surface area contributed by atoms with E-state index in [1.807, 2.05) is 6.92 Å². The highest BCUT2D eigenvalue weighted by Crippen LogP contribution is 2.21. The number of primary amides is 1. The number of amides is 9. The van der Waals surface area contributed by atoms with Gasteiger partial charge >= 0.3 is 0 Å². The lowest BCUT2D eigenvalue weighted by atomic mass is 9.96. The van der Waals surface area contributed by atoms with Gasteiger partial charge in [0.05, 0.1) is 31.2 Å². The Hall–Kier alpha value is -5.47. The molecule has 0 spiro atoms. The lowest BCUT2D eigenvalue weighted by molar-refractivity contribution is -0.136. The van der Waals surface area contributed by atoms with Crippen molar-refractivity contribution in [2.75, 3.05) is 19.7 Å². The van der Waals surface area contributed by atoms with Crippen LogP contribution in [0, 0.1) is 17.8 Å². The molecule has 0 bridgehead atoms. The zero-order chi connectivity index (χ0) is 47.6. The van der Waals surface area contributed by atoms with Crippen LogP contribution >= 0.6 is 0 Å². The smallest absolute Gasteiger partial charge is 0.249 e. The number of benzene rings is 1. The summed E-state index contributed by atoms with van der Waals surface area (Å²) in [6, 6.07) is 0.879. The Morgan fingerprint density at radius 1 is 0.746 bits per heavy atom. The Labute approximate surface area is 369 Å². The molecule has 20 nitrogen and oxygen atoms in total. The lowest BCUT2D eigenvalue weighted by Crippen LogP contribution is -2.60. The normalized spacial score (nSPS) is 17.7. The van der Waals surface area contributed by atoms with Gasteiger partial charge in [0.1, 0.15) is 30.2 Å². The van der Waals surface area contributed by atoms with Crippen LogP contribution in [0.2, 0.25) is 0 Å². The molecule has 1 saturated heterocycles. The van der Waals surface area contributed by atoms with Crippen molar-refractivity contribution in [3.05, 3.63) is 35.9 Å². The van der Waals surface area contributed by atoms with Crippen LogP contribution in [0.4, 0.5) is 0 Å². The van der Waals surface area contributed by atoms with Crippen molar-refractivity contribution in [3.8, 4) is 0 Å². The molecule has 1 aliphatic rings. The van der Waals surface area contributed by atoms with E-state index in [1.165, 1.54) is 6.92 Å². The number of nitrogens with two attached hydrogens (primary N) is 1. The first-order chi connectivity index (χ1) is 29.6. The van der Waals surface area contributed by atoms with Crippen LogP contribution in [0.15, 0.2) is 30.3 Å². The van der Waals surface area contributed by atoms with Crippen LogP contribution in [0.25, 0.3) is 0 Å². The predicted molar refractivity (Wildman–Crippen MR) is 231 cm³/mol. The standard InChI is InChI=1S/C43H69N9O11/c1-9-25(6)37(43(63)50-36(24(4)5)42(62)46-27(8)55)51-41(61)33-16-13-17-52(33)21-34(56)29(19-28-14-11-10-12-15-28)47-39(59)31(20-35(44)57)49-38(58)30(18-23(2)3)48-40(60)32(22-53)45-26(7)54/h10-12,14-15,23-25,29-34,36-37,53,56H,9,13,16-22H2,1-8H3,(H2,44,57)(H,45,54)(H,47,59)(H,48,60)(H,49,58)(H,50,63)(H,51,61)(H,46,55,62)/t25-,29-,30-,31-,32-,33-,34+,36-,37-/m0/s1. The second-order valence-corrected chi connectivity index (χ2v) is 17.0. The molecule has 20 heteroatoms. The number of aliphatic hydroxyl groups is 2. The summed E-state index contributed by atoms with van der Waals surface area (Å²) in [5, 5.41) is 39.3. The first kappa shape index (κ1) is 53.7. The SMILES string of the molecule is CC[C@H](C)[C@H](NC(=O)[C@@H]1CCCN1C[C@@H](O)[C@H](Cc1ccccc1)NC(=O)[C@H](CC(N)=O)NC(=O)[C@H](CC(C)C)NC(=O)[C@H](CO)NC(C)=O)C(=O)N[C@H](C(=O)NC(C)=O)C(C)C. The number of rotatable bonds is 25. The molecule has 352 valence electrons. The summed E-state index contributed by atoms with van der Waals surface area (Å²) in [6.07, 6.45) is -0.304. The third-order valence-corrected chi connectivity index (χ3v) is 10.8. The molecule has 1 heterocycles. The van der Waals surface area contributed by atoms with Gasteiger partial charge < -0.3 is 47.8 Å². The van der Waals surface area contributed by atoms with Crippen molar-refractivity contribution in [3.63, 3.8) is 0 Å². The molecule has 0 aliphatic carbocycles. The van der Waals surface area contributed by atoms with Crippen LogP contribution in [-0.2, 0) is 49.6 Å². The van der Waals surface area contributed by atoms with Crippen LogP contribution < -0.4 is 43.0 Å². The van der Waals surface area contributed by atoms with Gasteiger partial charge in [0, 0.05) is 20.4 Å². The van der Waals surface area contributed by atoms with Gasteiger partial charge in [-0.1, -0.05) is 78.3 Å². The van der Waals surface area contributed by atoms with E-state index < -0.39 is 115 Å². The van der Waals surface area contributed by atoms with E-state index in [9.17, 15) is 53.4 Å². The maximum atomic E-state index is 14.0. The number of carbonyl (C=O) groups is 9. The number of carbonyl (C=O) groups excluding carboxylic acids is 9. The molecule has 1 aliphatic heterocycles. The zero-order valence-corrected chi connectivity index (χ0v) is 37.7. The third-order valence-electron chi connectivity index (χ3n) is 10.8. The summed E-state index contributed by atoms with van der Waals surface area (Å²) in [6.45, 7) is 12.5. The van der Waals surface area contributed by atoms with Crippen molar-refractivity contribution in [2.45, 2.75) is 142 Å². The maximum absolute atomic E-state index is 14.0. The van der Waals surface area contributed by atoms with Gasteiger partial charge in [-0.05, 0) is 55.5 Å². The van der Waals surface area contributed by atoms with E-state index in [0.717, 1.165) is 12.5 Å². The minimum absolute atomic E-state index is 0.0835. The molecule has 1 fully saturated rings. The summed E-state index contributed by atoms with van der Waals surface area (Å²) in [5.74, 6) is -7.28. The number of nitrogens with one attached hydrogen (secondary N) is 7. The highest BCUT2D eigenvalue weighted by Gasteiger charge is 2.39. The fraction of sp³-hybridized carbons (Fsp3) is 0.651. The molecule has 1 aromatic rings. The molecule has 11 N–H and O–H groups in total. The molecule has 0 radical (unpaired) electrons. The van der Waals surface area contributed by atoms with Crippen molar-refractivity contribution in [1.29, 1.82) is 0 Å². The summed E-state index contributed by atoms with van der Waals surface area (Å²) in [4.78, 5) is 118. The van der Waals surface area contributed by atoms with E-state index in [4.69, 9.17) is 5.73 Å². The van der Waals surface area contributed by atoms with Crippen molar-refractivity contribution >= 4 is 53.2 Å². The molecule has 0 saturated carbocycles. The van der Waals surface area contributed by atoms with Crippen LogP contribution in [0.3, 0.4) is 0 Å². The average Bonchev–Trinajstić information content (AvgIpc) is 3.67. The molecule has 63 heavy (non-hydrogen) atoms. The molecule has 2 rings (SSSR count). The summed E-state index contributed by atoms with van der Waals surface area (Å²) >= 11 is 0. The lowest BCUT2D eigenvalue weighted by Gasteiger charge is -2.33. The number of β-amino-alcohol motifs (C(OH)–C–C–N with tert-alkyl or cyclic N) is 1. The molecule has 9 atom stereocenters. The third kappa shape index (κ3) is 18.0. The van der Waals surface area contributed by atoms with Crippen molar-refractivity contribution in [2.24, 2.45) is 23.5 Å². The van der Waals surface area contributed by atoms with Gasteiger partial charge in [-0.2, -0.15) is 0 Å². The first-order valence-corrected chi connectivity index (χ1v) is 21.5. The van der Waals surface area contributed by atoms with E-state index in [0.29, 0.717) is 25.8 Å². The molecule has 9 amide bonds. The number of imide groups is 1. The Balaban J connectivity index is 2.35. The number of nitrogens with zero attached hydrogens (tertiary/aromatic N) is 1. The minimum Gasteiger partial charge on any atom is -0.394 e. The predicted octanol–water partition coefficient (Wildman–Crippen LogP) is -1.74. The van der Waals surface area contributed by atoms with Crippen LogP contribution in [0.1, 0.15) is 93.1 Å². The summed E-state index contributed by atoms with van der Waals surface area (Å²) in [5.41, 5.74) is 6.23. The van der Waals surface area contributed by atoms with Gasteiger partial charge in [-0.25, -0.2) is 0 Å². The number of hydrogen-bond acceptors (Lipinski definition) is 12. The van der Waals surface area contributed by atoms with Gasteiger partial charge in [0.15, 0.2) is 0 Å². The Kier molecular flexibility index (Phi) is 22.3.